The third-order valence-electron chi connectivity index (χ3n) is 1.98. The molecule has 3 N–H and O–H groups in total. The van der Waals surface area contributed by atoms with Gasteiger partial charge < -0.3 is 9.84 Å². The van der Waals surface area contributed by atoms with Gasteiger partial charge in [0.2, 0.25) is 5.89 Å². The van der Waals surface area contributed by atoms with Crippen LogP contribution in [0.1, 0.15) is 5.89 Å². The third-order valence-corrected chi connectivity index (χ3v) is 2.79. The van der Waals surface area contributed by atoms with Crippen molar-refractivity contribution in [3.05, 3.63) is 34.2 Å². The molecular weight excluding hydrogens is 258 g/mol. The number of anilines is 1. The molecule has 2 rings (SSSR count). The van der Waals surface area contributed by atoms with Crippen LogP contribution in [0, 0.1) is 17.0 Å². The summed E-state index contributed by atoms with van der Waals surface area (Å²) < 4.78 is 5.18. The standard InChI is InChI=1S/C9H9N5O3S/c1-5-12-13-9(17-5)18-8-3-6(11-10)2-7(4-8)14(15)16/h2-4,11H,10H2,1H3. The number of benzene rings is 1. The van der Waals surface area contributed by atoms with E-state index in [1.54, 1.807) is 13.0 Å². The highest BCUT2D eigenvalue weighted by Crippen LogP contribution is 2.31. The second-order valence-electron chi connectivity index (χ2n) is 3.31. The third kappa shape index (κ3) is 2.76. The lowest BCUT2D eigenvalue weighted by Gasteiger charge is -2.02. The molecule has 1 aromatic carbocycles. The Bertz CT molecular complexity index is 585. The van der Waals surface area contributed by atoms with E-state index in [4.69, 9.17) is 10.3 Å². The van der Waals surface area contributed by atoms with Crippen LogP contribution >= 0.6 is 11.8 Å². The zero-order chi connectivity index (χ0) is 13.1. The van der Waals surface area contributed by atoms with Gasteiger partial charge in [0.25, 0.3) is 10.9 Å². The summed E-state index contributed by atoms with van der Waals surface area (Å²) in [4.78, 5) is 10.8. The summed E-state index contributed by atoms with van der Waals surface area (Å²) in [5.74, 6) is 5.68. The molecule has 9 heteroatoms. The number of nitrogens with zero attached hydrogens (tertiary/aromatic N) is 3. The van der Waals surface area contributed by atoms with Gasteiger partial charge in [-0.3, -0.25) is 16.0 Å². The fourth-order valence-corrected chi connectivity index (χ4v) is 2.06. The molecule has 2 aromatic rings. The number of nitro benzene ring substituents is 1. The van der Waals surface area contributed by atoms with Gasteiger partial charge in [-0.2, -0.15) is 0 Å². The molecule has 0 aliphatic heterocycles. The topological polar surface area (TPSA) is 120 Å². The molecule has 0 spiro atoms. The molecule has 0 amide bonds. The van der Waals surface area contributed by atoms with E-state index in [1.807, 2.05) is 0 Å². The quantitative estimate of drug-likeness (QED) is 0.488. The van der Waals surface area contributed by atoms with Gasteiger partial charge in [0.05, 0.1) is 10.6 Å². The summed E-state index contributed by atoms with van der Waals surface area (Å²) in [6, 6.07) is 4.39. The first kappa shape index (κ1) is 12.3. The van der Waals surface area contributed by atoms with Crippen molar-refractivity contribution in [2.45, 2.75) is 17.0 Å². The largest absolute Gasteiger partial charge is 0.416 e. The summed E-state index contributed by atoms with van der Waals surface area (Å²) in [7, 11) is 0. The molecule has 0 fully saturated rings. The van der Waals surface area contributed by atoms with Crippen LogP contribution in [0.15, 0.2) is 32.7 Å². The molecule has 18 heavy (non-hydrogen) atoms. The Morgan fingerprint density at radius 3 is 2.78 bits per heavy atom. The first-order chi connectivity index (χ1) is 8.58. The predicted octanol–water partition coefficient (Wildman–Crippen LogP) is 1.72. The van der Waals surface area contributed by atoms with Crippen LogP contribution in [0.25, 0.3) is 0 Å². The maximum Gasteiger partial charge on any atom is 0.281 e. The van der Waals surface area contributed by atoms with E-state index in [9.17, 15) is 10.1 Å². The molecule has 0 atom stereocenters. The number of rotatable bonds is 4. The number of aryl methyl sites for hydroxylation is 1. The fraction of sp³-hybridized carbons (Fsp3) is 0.111. The predicted molar refractivity (Wildman–Crippen MR) is 64.1 cm³/mol. The summed E-state index contributed by atoms with van der Waals surface area (Å²) in [6.45, 7) is 1.66. The van der Waals surface area contributed by atoms with E-state index in [0.717, 1.165) is 11.8 Å². The van der Waals surface area contributed by atoms with E-state index < -0.39 is 4.92 Å². The Kier molecular flexibility index (Phi) is 3.44. The van der Waals surface area contributed by atoms with Crippen LogP contribution in [-0.4, -0.2) is 15.1 Å². The van der Waals surface area contributed by atoms with Crippen LogP contribution < -0.4 is 11.3 Å². The molecule has 8 nitrogen and oxygen atoms in total. The van der Waals surface area contributed by atoms with Crippen LogP contribution in [-0.2, 0) is 0 Å². The number of non-ortho nitro benzene ring substituents is 1. The number of nitrogens with two attached hydrogens (primary N) is 1. The Hall–Kier alpha value is -2.13. The Morgan fingerprint density at radius 2 is 2.22 bits per heavy atom. The zero-order valence-corrected chi connectivity index (χ0v) is 10.1. The first-order valence-corrected chi connectivity index (χ1v) is 5.64. The summed E-state index contributed by atoms with van der Waals surface area (Å²) in [5.41, 5.74) is 2.74. The number of nitrogen functional groups attached to an aromatic ring is 1. The minimum atomic E-state index is -0.496. The van der Waals surface area contributed by atoms with Crippen LogP contribution in [0.3, 0.4) is 0 Å². The van der Waals surface area contributed by atoms with Gasteiger partial charge in [0, 0.05) is 24.0 Å². The maximum atomic E-state index is 10.8. The summed E-state index contributed by atoms with van der Waals surface area (Å²) in [6.07, 6.45) is 0. The molecular formula is C9H9N5O3S. The minimum Gasteiger partial charge on any atom is -0.416 e. The number of nitro groups is 1. The zero-order valence-electron chi connectivity index (χ0n) is 9.28. The second kappa shape index (κ2) is 5.02. The Morgan fingerprint density at radius 1 is 1.44 bits per heavy atom. The van der Waals surface area contributed by atoms with Crippen molar-refractivity contribution in [1.29, 1.82) is 0 Å². The normalized spacial score (nSPS) is 10.3. The van der Waals surface area contributed by atoms with Crippen LogP contribution in [0.5, 0.6) is 0 Å². The van der Waals surface area contributed by atoms with E-state index >= 15 is 0 Å². The van der Waals surface area contributed by atoms with Crippen molar-refractivity contribution < 1.29 is 9.34 Å². The number of hydrogen-bond donors (Lipinski definition) is 2. The highest BCUT2D eigenvalue weighted by atomic mass is 32.2. The first-order valence-electron chi connectivity index (χ1n) is 4.82. The van der Waals surface area contributed by atoms with Crippen molar-refractivity contribution in [1.82, 2.24) is 10.2 Å². The van der Waals surface area contributed by atoms with Crippen molar-refractivity contribution in [3.8, 4) is 0 Å². The van der Waals surface area contributed by atoms with Crippen molar-refractivity contribution in [2.75, 3.05) is 5.43 Å². The molecule has 0 saturated heterocycles. The van der Waals surface area contributed by atoms with E-state index in [-0.39, 0.29) is 5.69 Å². The Balaban J connectivity index is 2.32. The smallest absolute Gasteiger partial charge is 0.281 e. The lowest BCUT2D eigenvalue weighted by molar-refractivity contribution is -0.385. The minimum absolute atomic E-state index is 0.0656. The molecule has 0 aliphatic rings. The fourth-order valence-electron chi connectivity index (χ4n) is 1.25. The highest BCUT2D eigenvalue weighted by molar-refractivity contribution is 7.99. The van der Waals surface area contributed by atoms with Gasteiger partial charge in [-0.05, 0) is 17.8 Å². The lowest BCUT2D eigenvalue weighted by Crippen LogP contribution is -2.07. The van der Waals surface area contributed by atoms with Gasteiger partial charge in [-0.1, -0.05) is 0 Å². The van der Waals surface area contributed by atoms with Gasteiger partial charge in [0.15, 0.2) is 0 Å². The van der Waals surface area contributed by atoms with Crippen molar-refractivity contribution in [2.24, 2.45) is 5.84 Å². The van der Waals surface area contributed by atoms with Gasteiger partial charge in [0.1, 0.15) is 0 Å². The molecule has 0 aliphatic carbocycles. The molecule has 0 radical (unpaired) electrons. The van der Waals surface area contributed by atoms with Gasteiger partial charge >= 0.3 is 0 Å². The number of hydrogen-bond acceptors (Lipinski definition) is 8. The average Bonchev–Trinajstić information content (AvgIpc) is 2.74. The molecule has 94 valence electrons. The molecule has 0 bridgehead atoms. The number of nitrogens with one attached hydrogen (secondary N) is 1. The Labute approximate surface area is 106 Å². The van der Waals surface area contributed by atoms with E-state index in [2.05, 4.69) is 15.6 Å². The second-order valence-corrected chi connectivity index (χ2v) is 4.33. The van der Waals surface area contributed by atoms with Gasteiger partial charge in [-0.25, -0.2) is 0 Å². The highest BCUT2D eigenvalue weighted by Gasteiger charge is 2.12. The average molecular weight is 267 g/mol. The monoisotopic (exact) mass is 267 g/mol. The van der Waals surface area contributed by atoms with Crippen LogP contribution in [0.2, 0.25) is 0 Å². The van der Waals surface area contributed by atoms with Crippen LogP contribution in [0.4, 0.5) is 11.4 Å². The number of hydrazine groups is 1. The maximum absolute atomic E-state index is 10.8. The van der Waals surface area contributed by atoms with Crippen molar-refractivity contribution >= 4 is 23.1 Å². The SMILES string of the molecule is Cc1nnc(Sc2cc(NN)cc([N+](=O)[O-])c2)o1. The molecule has 1 heterocycles. The molecule has 0 saturated carbocycles. The van der Waals surface area contributed by atoms with E-state index in [1.165, 1.54) is 12.1 Å². The van der Waals surface area contributed by atoms with Gasteiger partial charge in [-0.15, -0.1) is 10.2 Å². The molecule has 0 unspecified atom stereocenters. The van der Waals surface area contributed by atoms with E-state index in [0.29, 0.717) is 21.7 Å². The summed E-state index contributed by atoms with van der Waals surface area (Å²) in [5, 5.41) is 18.5. The molecule has 1 aromatic heterocycles. The number of aromatic nitrogens is 2. The lowest BCUT2D eigenvalue weighted by atomic mass is 10.3. The van der Waals surface area contributed by atoms with Crippen molar-refractivity contribution in [3.63, 3.8) is 0 Å². The summed E-state index contributed by atoms with van der Waals surface area (Å²) >= 11 is 1.13.